The number of benzene rings is 1. The molecular weight excluding hydrogens is 170 g/mol. The van der Waals surface area contributed by atoms with Gasteiger partial charge < -0.3 is 9.52 Å². The number of fused-ring (bicyclic) bond motifs is 1. The number of aromatic nitrogens is 1. The molecule has 0 fully saturated rings. The summed E-state index contributed by atoms with van der Waals surface area (Å²) in [7, 11) is 0. The van der Waals surface area contributed by atoms with Gasteiger partial charge in [-0.05, 0) is 12.1 Å². The standard InChI is InChI=1S/C9H7NO3/c1-5-10-9-6(4-11)7(12)2-3-8(9)13-5/h2-4,12H,1H3. The maximum Gasteiger partial charge on any atom is 0.192 e. The van der Waals surface area contributed by atoms with Gasteiger partial charge in [0.2, 0.25) is 0 Å². The summed E-state index contributed by atoms with van der Waals surface area (Å²) in [4.78, 5) is 14.6. The van der Waals surface area contributed by atoms with E-state index in [0.29, 0.717) is 23.3 Å². The maximum absolute atomic E-state index is 10.6. The number of hydrogen-bond donors (Lipinski definition) is 1. The Morgan fingerprint density at radius 1 is 1.54 bits per heavy atom. The molecule has 0 radical (unpaired) electrons. The van der Waals surface area contributed by atoms with E-state index < -0.39 is 0 Å². The molecule has 4 heteroatoms. The molecule has 0 amide bonds. The van der Waals surface area contributed by atoms with Crippen molar-refractivity contribution in [3.05, 3.63) is 23.6 Å². The van der Waals surface area contributed by atoms with Gasteiger partial charge in [0, 0.05) is 6.92 Å². The lowest BCUT2D eigenvalue weighted by Crippen LogP contribution is -1.83. The van der Waals surface area contributed by atoms with Crippen LogP contribution in [0.2, 0.25) is 0 Å². The van der Waals surface area contributed by atoms with E-state index in [-0.39, 0.29) is 11.3 Å². The van der Waals surface area contributed by atoms with Gasteiger partial charge in [0.15, 0.2) is 17.8 Å². The SMILES string of the molecule is Cc1nc2c(C=O)c(O)ccc2o1. The van der Waals surface area contributed by atoms with Crippen LogP contribution in [-0.4, -0.2) is 16.4 Å². The quantitative estimate of drug-likeness (QED) is 0.672. The topological polar surface area (TPSA) is 63.3 Å². The first-order chi connectivity index (χ1) is 6.22. The smallest absolute Gasteiger partial charge is 0.192 e. The summed E-state index contributed by atoms with van der Waals surface area (Å²) in [6.45, 7) is 1.69. The number of aryl methyl sites for hydroxylation is 1. The number of nitrogens with zero attached hydrogens (tertiary/aromatic N) is 1. The molecule has 2 aromatic rings. The van der Waals surface area contributed by atoms with E-state index in [4.69, 9.17) is 4.42 Å². The van der Waals surface area contributed by atoms with Crippen LogP contribution >= 0.6 is 0 Å². The van der Waals surface area contributed by atoms with Gasteiger partial charge in [-0.1, -0.05) is 0 Å². The van der Waals surface area contributed by atoms with Gasteiger partial charge in [-0.25, -0.2) is 4.98 Å². The highest BCUT2D eigenvalue weighted by atomic mass is 16.3. The van der Waals surface area contributed by atoms with Gasteiger partial charge in [0.25, 0.3) is 0 Å². The van der Waals surface area contributed by atoms with Crippen LogP contribution in [0.4, 0.5) is 0 Å². The minimum absolute atomic E-state index is 0.0733. The zero-order valence-corrected chi connectivity index (χ0v) is 6.94. The Hall–Kier alpha value is -1.84. The number of rotatable bonds is 1. The molecule has 2 rings (SSSR count). The summed E-state index contributed by atoms with van der Waals surface area (Å²) in [5, 5.41) is 9.30. The monoisotopic (exact) mass is 177 g/mol. The molecule has 1 heterocycles. The van der Waals surface area contributed by atoms with Crippen molar-refractivity contribution in [3.8, 4) is 5.75 Å². The number of phenolic OH excluding ortho intramolecular Hbond substituents is 1. The van der Waals surface area contributed by atoms with Gasteiger partial charge in [-0.2, -0.15) is 0 Å². The average Bonchev–Trinajstić information content (AvgIpc) is 2.45. The molecule has 0 bridgehead atoms. The summed E-state index contributed by atoms with van der Waals surface area (Å²) in [6, 6.07) is 2.99. The highest BCUT2D eigenvalue weighted by Crippen LogP contribution is 2.25. The molecule has 4 nitrogen and oxygen atoms in total. The second-order valence-electron chi connectivity index (χ2n) is 2.70. The van der Waals surface area contributed by atoms with Crippen molar-refractivity contribution in [3.63, 3.8) is 0 Å². The number of oxazole rings is 1. The van der Waals surface area contributed by atoms with Crippen LogP contribution in [0.5, 0.6) is 5.75 Å². The largest absolute Gasteiger partial charge is 0.507 e. The van der Waals surface area contributed by atoms with E-state index >= 15 is 0 Å². The number of carbonyl (C=O) groups excluding carboxylic acids is 1. The summed E-state index contributed by atoms with van der Waals surface area (Å²) in [5.41, 5.74) is 1.10. The highest BCUT2D eigenvalue weighted by Gasteiger charge is 2.10. The predicted octanol–water partition coefficient (Wildman–Crippen LogP) is 1.65. The molecule has 0 atom stereocenters. The van der Waals surface area contributed by atoms with Gasteiger partial charge in [0.1, 0.15) is 11.3 Å². The van der Waals surface area contributed by atoms with Gasteiger partial charge >= 0.3 is 0 Å². The summed E-state index contributed by atoms with van der Waals surface area (Å²) in [5.74, 6) is 0.402. The Morgan fingerprint density at radius 2 is 2.31 bits per heavy atom. The maximum atomic E-state index is 10.6. The Bertz CT molecular complexity index is 473. The first-order valence-electron chi connectivity index (χ1n) is 3.76. The van der Waals surface area contributed by atoms with Crippen molar-refractivity contribution in [2.45, 2.75) is 6.92 Å². The van der Waals surface area contributed by atoms with Crippen molar-refractivity contribution >= 4 is 17.4 Å². The van der Waals surface area contributed by atoms with Crippen LogP contribution in [-0.2, 0) is 0 Å². The molecule has 0 saturated carbocycles. The van der Waals surface area contributed by atoms with E-state index in [9.17, 15) is 9.90 Å². The molecule has 0 aliphatic carbocycles. The van der Waals surface area contributed by atoms with Crippen molar-refractivity contribution < 1.29 is 14.3 Å². The van der Waals surface area contributed by atoms with Gasteiger partial charge in [0.05, 0.1) is 5.56 Å². The zero-order valence-electron chi connectivity index (χ0n) is 6.94. The van der Waals surface area contributed by atoms with Crippen LogP contribution in [0.25, 0.3) is 11.1 Å². The molecule has 0 spiro atoms. The van der Waals surface area contributed by atoms with Crippen molar-refractivity contribution in [1.29, 1.82) is 0 Å². The third kappa shape index (κ3) is 1.07. The number of aromatic hydroxyl groups is 1. The molecule has 1 aromatic heterocycles. The lowest BCUT2D eigenvalue weighted by Gasteiger charge is -1.94. The Kier molecular flexibility index (Phi) is 1.55. The van der Waals surface area contributed by atoms with E-state index in [1.807, 2.05) is 0 Å². The lowest BCUT2D eigenvalue weighted by molar-refractivity contribution is 0.112. The first-order valence-corrected chi connectivity index (χ1v) is 3.76. The fourth-order valence-electron chi connectivity index (χ4n) is 1.23. The van der Waals surface area contributed by atoms with Crippen LogP contribution in [0.15, 0.2) is 16.5 Å². The molecule has 0 saturated heterocycles. The Morgan fingerprint density at radius 3 is 3.00 bits per heavy atom. The van der Waals surface area contributed by atoms with Crippen LogP contribution in [0, 0.1) is 6.92 Å². The minimum Gasteiger partial charge on any atom is -0.507 e. The third-order valence-corrected chi connectivity index (χ3v) is 1.80. The zero-order chi connectivity index (χ0) is 9.42. The fraction of sp³-hybridized carbons (Fsp3) is 0.111. The molecule has 13 heavy (non-hydrogen) atoms. The third-order valence-electron chi connectivity index (χ3n) is 1.80. The van der Waals surface area contributed by atoms with E-state index in [0.717, 1.165) is 0 Å². The second-order valence-corrected chi connectivity index (χ2v) is 2.70. The molecule has 66 valence electrons. The van der Waals surface area contributed by atoms with E-state index in [1.165, 1.54) is 6.07 Å². The van der Waals surface area contributed by atoms with Crippen LogP contribution in [0.3, 0.4) is 0 Å². The second kappa shape index (κ2) is 2.58. The lowest BCUT2D eigenvalue weighted by atomic mass is 10.2. The normalized spacial score (nSPS) is 10.5. The molecule has 1 N–H and O–H groups in total. The molecule has 0 unspecified atom stereocenters. The number of hydrogen-bond acceptors (Lipinski definition) is 4. The van der Waals surface area contributed by atoms with Crippen LogP contribution < -0.4 is 0 Å². The molecule has 1 aromatic carbocycles. The number of carbonyl (C=O) groups is 1. The number of aldehydes is 1. The Labute approximate surface area is 73.8 Å². The highest BCUT2D eigenvalue weighted by molar-refractivity contribution is 5.96. The van der Waals surface area contributed by atoms with Crippen molar-refractivity contribution in [1.82, 2.24) is 4.98 Å². The first kappa shape index (κ1) is 7.79. The molecule has 0 aliphatic heterocycles. The van der Waals surface area contributed by atoms with E-state index in [2.05, 4.69) is 4.98 Å². The van der Waals surface area contributed by atoms with Crippen molar-refractivity contribution in [2.75, 3.05) is 0 Å². The van der Waals surface area contributed by atoms with Gasteiger partial charge in [-0.15, -0.1) is 0 Å². The number of phenols is 1. The van der Waals surface area contributed by atoms with E-state index in [1.54, 1.807) is 13.0 Å². The molecule has 0 aliphatic rings. The summed E-state index contributed by atoms with van der Waals surface area (Å²) < 4.78 is 5.18. The fourth-order valence-corrected chi connectivity index (χ4v) is 1.23. The summed E-state index contributed by atoms with van der Waals surface area (Å²) in [6.07, 6.45) is 0.569. The Balaban J connectivity index is 2.90. The van der Waals surface area contributed by atoms with Gasteiger partial charge in [-0.3, -0.25) is 4.79 Å². The van der Waals surface area contributed by atoms with Crippen LogP contribution in [0.1, 0.15) is 16.2 Å². The predicted molar refractivity (Wildman–Crippen MR) is 45.8 cm³/mol. The minimum atomic E-state index is -0.0733. The molecular formula is C9H7NO3. The average molecular weight is 177 g/mol. The van der Waals surface area contributed by atoms with Crippen molar-refractivity contribution in [2.24, 2.45) is 0 Å². The summed E-state index contributed by atoms with van der Waals surface area (Å²) >= 11 is 0.